The van der Waals surface area contributed by atoms with Gasteiger partial charge in [-0.3, -0.25) is 9.59 Å². The molecule has 0 saturated heterocycles. The predicted octanol–water partition coefficient (Wildman–Crippen LogP) is 5.95. The topological polar surface area (TPSA) is 87.7 Å². The van der Waals surface area contributed by atoms with Gasteiger partial charge >= 0.3 is 6.09 Å². The van der Waals surface area contributed by atoms with E-state index in [2.05, 4.69) is 24.1 Å². The summed E-state index contributed by atoms with van der Waals surface area (Å²) in [7, 11) is 0. The second-order valence-corrected chi connectivity index (χ2v) is 11.4. The van der Waals surface area contributed by atoms with E-state index in [1.54, 1.807) is 43.5 Å². The van der Waals surface area contributed by atoms with Crippen LogP contribution in [0.25, 0.3) is 6.08 Å². The van der Waals surface area contributed by atoms with E-state index in [4.69, 9.17) is 4.74 Å². The first kappa shape index (κ1) is 32.5. The van der Waals surface area contributed by atoms with Crippen LogP contribution < -0.4 is 10.6 Å². The number of hydrogen-bond acceptors (Lipinski definition) is 5. The van der Waals surface area contributed by atoms with Crippen molar-refractivity contribution in [1.82, 2.24) is 15.5 Å². The third-order valence-electron chi connectivity index (χ3n) is 6.02. The molecule has 0 aliphatic carbocycles. The molecule has 208 valence electrons. The normalized spacial score (nSPS) is 14.6. The number of benzene rings is 1. The highest BCUT2D eigenvalue weighted by molar-refractivity contribution is 7.98. The van der Waals surface area contributed by atoms with Gasteiger partial charge in [-0.1, -0.05) is 51.1 Å². The zero-order chi connectivity index (χ0) is 28.2. The van der Waals surface area contributed by atoms with Crippen LogP contribution >= 0.6 is 11.8 Å². The Morgan fingerprint density at radius 1 is 1.14 bits per heavy atom. The highest BCUT2D eigenvalue weighted by atomic mass is 32.2. The molecule has 0 aromatic heterocycles. The highest BCUT2D eigenvalue weighted by Crippen LogP contribution is 2.28. The van der Waals surface area contributed by atoms with Crippen LogP contribution in [0.15, 0.2) is 30.8 Å². The van der Waals surface area contributed by atoms with Gasteiger partial charge in [0.15, 0.2) is 0 Å². The van der Waals surface area contributed by atoms with Crippen molar-refractivity contribution >= 4 is 35.7 Å². The molecule has 0 aliphatic heterocycles. The van der Waals surface area contributed by atoms with E-state index in [0.29, 0.717) is 24.2 Å². The minimum absolute atomic E-state index is 0.0383. The number of hydrogen-bond donors (Lipinski definition) is 2. The van der Waals surface area contributed by atoms with E-state index in [1.807, 2.05) is 51.3 Å². The Morgan fingerprint density at radius 3 is 2.35 bits per heavy atom. The molecule has 0 heterocycles. The van der Waals surface area contributed by atoms with E-state index < -0.39 is 23.8 Å². The molecular weight excluding hydrogens is 486 g/mol. The van der Waals surface area contributed by atoms with Crippen LogP contribution in [0.5, 0.6) is 0 Å². The molecule has 1 aromatic rings. The molecule has 4 atom stereocenters. The van der Waals surface area contributed by atoms with E-state index in [-0.39, 0.29) is 23.9 Å². The van der Waals surface area contributed by atoms with Crippen LogP contribution in [0.4, 0.5) is 4.79 Å². The lowest BCUT2D eigenvalue weighted by Crippen LogP contribution is -2.56. The van der Waals surface area contributed by atoms with Crippen molar-refractivity contribution in [2.45, 2.75) is 104 Å². The van der Waals surface area contributed by atoms with Crippen molar-refractivity contribution in [3.8, 4) is 0 Å². The maximum Gasteiger partial charge on any atom is 0.408 e. The van der Waals surface area contributed by atoms with E-state index >= 15 is 0 Å². The molecule has 1 rings (SSSR count). The second-order valence-electron chi connectivity index (χ2n) is 10.5. The summed E-state index contributed by atoms with van der Waals surface area (Å²) >= 11 is 1.59. The molecule has 0 saturated carbocycles. The molecule has 7 nitrogen and oxygen atoms in total. The third-order valence-corrected chi connectivity index (χ3v) is 6.66. The lowest BCUT2D eigenvalue weighted by atomic mass is 9.97. The first-order valence-electron chi connectivity index (χ1n) is 13.2. The Balaban J connectivity index is 3.56. The number of carbonyl (C=O) groups excluding carboxylic acids is 3. The van der Waals surface area contributed by atoms with Crippen molar-refractivity contribution in [3.63, 3.8) is 0 Å². The Labute approximate surface area is 228 Å². The van der Waals surface area contributed by atoms with Gasteiger partial charge < -0.3 is 20.3 Å². The van der Waals surface area contributed by atoms with Gasteiger partial charge in [-0.05, 0) is 83.1 Å². The zero-order valence-electron chi connectivity index (χ0n) is 23.9. The van der Waals surface area contributed by atoms with Gasteiger partial charge in [0, 0.05) is 12.1 Å². The molecule has 3 amide bonds. The van der Waals surface area contributed by atoms with Crippen LogP contribution in [-0.4, -0.2) is 58.5 Å². The number of nitrogens with one attached hydrogen (secondary N) is 2. The number of amides is 3. The van der Waals surface area contributed by atoms with Crippen molar-refractivity contribution < 1.29 is 19.1 Å². The summed E-state index contributed by atoms with van der Waals surface area (Å²) in [5.74, 6) is 0.120. The summed E-state index contributed by atoms with van der Waals surface area (Å²) in [5, 5.41) is 5.89. The lowest BCUT2D eigenvalue weighted by molar-refractivity contribution is -0.145. The minimum Gasteiger partial charge on any atom is -0.444 e. The number of alkyl carbamates (subject to hydrolysis) is 1. The predicted molar refractivity (Wildman–Crippen MR) is 155 cm³/mol. The van der Waals surface area contributed by atoms with Crippen LogP contribution in [0, 0.1) is 0 Å². The quantitative estimate of drug-likeness (QED) is 0.309. The van der Waals surface area contributed by atoms with Crippen LogP contribution in [0.2, 0.25) is 0 Å². The van der Waals surface area contributed by atoms with Crippen molar-refractivity contribution in [1.29, 1.82) is 0 Å². The minimum atomic E-state index is -0.862. The Hall–Kier alpha value is -2.48. The van der Waals surface area contributed by atoms with E-state index in [0.717, 1.165) is 18.4 Å². The zero-order valence-corrected chi connectivity index (χ0v) is 24.7. The number of ether oxygens (including phenoxy) is 1. The van der Waals surface area contributed by atoms with Gasteiger partial charge in [-0.25, -0.2) is 4.79 Å². The average molecular weight is 534 g/mol. The smallest absolute Gasteiger partial charge is 0.408 e. The fourth-order valence-electron chi connectivity index (χ4n) is 4.04. The molecule has 4 unspecified atom stereocenters. The molecular formula is C29H47N3O4S. The molecule has 0 aliphatic rings. The highest BCUT2D eigenvalue weighted by Gasteiger charge is 2.38. The maximum absolute atomic E-state index is 14.2. The largest absolute Gasteiger partial charge is 0.444 e. The third kappa shape index (κ3) is 10.8. The van der Waals surface area contributed by atoms with Gasteiger partial charge in [0.1, 0.15) is 17.7 Å². The number of thioether (sulfide) groups is 1. The van der Waals surface area contributed by atoms with Crippen LogP contribution in [0.1, 0.15) is 91.3 Å². The number of rotatable bonds is 14. The van der Waals surface area contributed by atoms with Gasteiger partial charge in [-0.2, -0.15) is 11.8 Å². The molecule has 8 heteroatoms. The van der Waals surface area contributed by atoms with Crippen molar-refractivity contribution in [2.75, 3.05) is 12.0 Å². The summed E-state index contributed by atoms with van der Waals surface area (Å²) in [6.07, 6.45) is 5.85. The summed E-state index contributed by atoms with van der Waals surface area (Å²) in [6.45, 7) is 17.2. The molecule has 0 spiro atoms. The summed E-state index contributed by atoms with van der Waals surface area (Å²) < 4.78 is 5.45. The molecule has 2 N–H and O–H groups in total. The average Bonchev–Trinajstić information content (AvgIpc) is 2.82. The first-order chi connectivity index (χ1) is 17.4. The second kappa shape index (κ2) is 15.7. The van der Waals surface area contributed by atoms with Gasteiger partial charge in [-0.15, -0.1) is 0 Å². The fraction of sp³-hybridized carbons (Fsp3) is 0.621. The SMILES string of the molecule is C=Cc1cccc(C(C(=O)NC(C)CCC)N(C(=O)C(CCSC)NC(=O)OC(C)(C)C)C(C)CC)c1. The van der Waals surface area contributed by atoms with Crippen LogP contribution in [-0.2, 0) is 14.3 Å². The lowest BCUT2D eigenvalue weighted by Gasteiger charge is -2.38. The van der Waals surface area contributed by atoms with Gasteiger partial charge in [0.2, 0.25) is 11.8 Å². The van der Waals surface area contributed by atoms with E-state index in [1.165, 1.54) is 0 Å². The maximum atomic E-state index is 14.2. The Kier molecular flexibility index (Phi) is 13.8. The molecule has 37 heavy (non-hydrogen) atoms. The van der Waals surface area contributed by atoms with Crippen LogP contribution in [0.3, 0.4) is 0 Å². The Bertz CT molecular complexity index is 899. The van der Waals surface area contributed by atoms with Crippen molar-refractivity contribution in [2.24, 2.45) is 0 Å². The molecule has 0 radical (unpaired) electrons. The van der Waals surface area contributed by atoms with Crippen molar-refractivity contribution in [3.05, 3.63) is 42.0 Å². The fourth-order valence-corrected chi connectivity index (χ4v) is 4.51. The summed E-state index contributed by atoms with van der Waals surface area (Å²) in [5.41, 5.74) is 0.865. The van der Waals surface area contributed by atoms with Gasteiger partial charge in [0.05, 0.1) is 0 Å². The summed E-state index contributed by atoms with van der Waals surface area (Å²) in [6, 6.07) is 5.54. The van der Waals surface area contributed by atoms with Gasteiger partial charge in [0.25, 0.3) is 0 Å². The summed E-state index contributed by atoms with van der Waals surface area (Å²) in [4.78, 5) is 42.3. The molecule has 1 aromatic carbocycles. The monoisotopic (exact) mass is 533 g/mol. The first-order valence-corrected chi connectivity index (χ1v) is 14.6. The number of nitrogens with zero attached hydrogens (tertiary/aromatic N) is 1. The Morgan fingerprint density at radius 2 is 1.81 bits per heavy atom. The molecule has 0 fully saturated rings. The molecule has 0 bridgehead atoms. The number of carbonyl (C=O) groups is 3. The standard InChI is InChI=1S/C29H47N3O4S/c1-10-14-20(4)30-26(33)25(23-16-13-15-22(12-3)19-23)32(21(5)11-2)27(34)24(17-18-37-9)31-28(35)36-29(6,7)8/h12-13,15-16,19-21,24-25H,3,10-11,14,17-18H2,1-2,4-9H3,(H,30,33)(H,31,35). The van der Waals surface area contributed by atoms with E-state index in [9.17, 15) is 14.4 Å².